The SMILES string of the molecule is CC(Oc1cccc(Cl)c1)C(=O)Nc1ccc(O)c(Cl)c1. The molecule has 0 bridgehead atoms. The molecule has 0 saturated heterocycles. The molecule has 110 valence electrons. The van der Waals surface area contributed by atoms with Gasteiger partial charge in [-0.25, -0.2) is 0 Å². The van der Waals surface area contributed by atoms with E-state index in [9.17, 15) is 9.90 Å². The summed E-state index contributed by atoms with van der Waals surface area (Å²) in [6, 6.07) is 11.2. The largest absolute Gasteiger partial charge is 0.506 e. The second-order valence-corrected chi connectivity index (χ2v) is 5.22. The number of aromatic hydroxyl groups is 1. The van der Waals surface area contributed by atoms with Crippen LogP contribution in [0.25, 0.3) is 0 Å². The van der Waals surface area contributed by atoms with Gasteiger partial charge in [-0.05, 0) is 43.3 Å². The lowest BCUT2D eigenvalue weighted by Crippen LogP contribution is -2.30. The summed E-state index contributed by atoms with van der Waals surface area (Å²) in [5.74, 6) is 0.128. The smallest absolute Gasteiger partial charge is 0.265 e. The minimum atomic E-state index is -0.712. The molecule has 0 aliphatic carbocycles. The van der Waals surface area contributed by atoms with E-state index in [2.05, 4.69) is 5.32 Å². The molecule has 1 amide bonds. The Morgan fingerprint density at radius 3 is 2.67 bits per heavy atom. The zero-order chi connectivity index (χ0) is 15.4. The number of amides is 1. The number of hydrogen-bond acceptors (Lipinski definition) is 3. The number of phenols is 1. The predicted molar refractivity (Wildman–Crippen MR) is 83.3 cm³/mol. The first kappa shape index (κ1) is 15.5. The van der Waals surface area contributed by atoms with E-state index in [1.165, 1.54) is 12.1 Å². The van der Waals surface area contributed by atoms with Gasteiger partial charge in [-0.2, -0.15) is 0 Å². The van der Waals surface area contributed by atoms with Crippen molar-refractivity contribution in [2.24, 2.45) is 0 Å². The molecule has 1 atom stereocenters. The van der Waals surface area contributed by atoms with E-state index in [1.54, 1.807) is 37.3 Å². The maximum Gasteiger partial charge on any atom is 0.265 e. The van der Waals surface area contributed by atoms with E-state index in [4.69, 9.17) is 27.9 Å². The first-order valence-corrected chi connectivity index (χ1v) is 6.93. The summed E-state index contributed by atoms with van der Waals surface area (Å²) in [5.41, 5.74) is 0.476. The van der Waals surface area contributed by atoms with Crippen molar-refractivity contribution in [1.29, 1.82) is 0 Å². The van der Waals surface area contributed by atoms with Gasteiger partial charge in [-0.1, -0.05) is 29.3 Å². The van der Waals surface area contributed by atoms with Crippen molar-refractivity contribution in [1.82, 2.24) is 0 Å². The molecule has 6 heteroatoms. The van der Waals surface area contributed by atoms with E-state index < -0.39 is 6.10 Å². The monoisotopic (exact) mass is 325 g/mol. The summed E-state index contributed by atoms with van der Waals surface area (Å²) < 4.78 is 5.50. The molecular formula is C15H13Cl2NO3. The van der Waals surface area contributed by atoms with Gasteiger partial charge in [0, 0.05) is 10.7 Å². The van der Waals surface area contributed by atoms with Gasteiger partial charge >= 0.3 is 0 Å². The lowest BCUT2D eigenvalue weighted by atomic mass is 10.2. The van der Waals surface area contributed by atoms with Crippen molar-refractivity contribution in [3.8, 4) is 11.5 Å². The van der Waals surface area contributed by atoms with Crippen molar-refractivity contribution < 1.29 is 14.6 Å². The number of ether oxygens (including phenoxy) is 1. The first-order valence-electron chi connectivity index (χ1n) is 6.17. The summed E-state index contributed by atoms with van der Waals surface area (Å²) in [4.78, 5) is 12.0. The van der Waals surface area contributed by atoms with E-state index in [0.29, 0.717) is 16.5 Å². The molecule has 2 rings (SSSR count). The molecule has 0 saturated carbocycles. The number of rotatable bonds is 4. The fourth-order valence-corrected chi connectivity index (χ4v) is 1.99. The van der Waals surface area contributed by atoms with Gasteiger partial charge in [0.05, 0.1) is 5.02 Å². The number of hydrogen-bond donors (Lipinski definition) is 2. The van der Waals surface area contributed by atoms with Crippen LogP contribution in [-0.2, 0) is 4.79 Å². The van der Waals surface area contributed by atoms with Crippen molar-refractivity contribution in [2.75, 3.05) is 5.32 Å². The Morgan fingerprint density at radius 1 is 1.24 bits per heavy atom. The zero-order valence-electron chi connectivity index (χ0n) is 11.1. The van der Waals surface area contributed by atoms with Gasteiger partial charge in [0.25, 0.3) is 5.91 Å². The highest BCUT2D eigenvalue weighted by Gasteiger charge is 2.15. The average Bonchev–Trinajstić information content (AvgIpc) is 2.43. The standard InChI is InChI=1S/C15H13Cl2NO3/c1-9(21-12-4-2-3-10(16)7-12)15(20)18-11-5-6-14(19)13(17)8-11/h2-9,19H,1H3,(H,18,20). The number of nitrogens with one attached hydrogen (secondary N) is 1. The number of phenolic OH excluding ortho intramolecular Hbond substituents is 1. The quantitative estimate of drug-likeness (QED) is 0.832. The van der Waals surface area contributed by atoms with E-state index >= 15 is 0 Å². The normalized spacial score (nSPS) is 11.8. The summed E-state index contributed by atoms with van der Waals surface area (Å²) in [6.45, 7) is 1.62. The van der Waals surface area contributed by atoms with Crippen molar-refractivity contribution in [3.05, 3.63) is 52.5 Å². The molecule has 0 fully saturated rings. The molecule has 0 aliphatic rings. The third kappa shape index (κ3) is 4.28. The van der Waals surface area contributed by atoms with Gasteiger partial charge in [0.2, 0.25) is 0 Å². The van der Waals surface area contributed by atoms with Gasteiger partial charge in [0.15, 0.2) is 6.10 Å². The van der Waals surface area contributed by atoms with Crippen LogP contribution in [0, 0.1) is 0 Å². The van der Waals surface area contributed by atoms with E-state index in [1.807, 2.05) is 0 Å². The highest BCUT2D eigenvalue weighted by molar-refractivity contribution is 6.32. The van der Waals surface area contributed by atoms with Crippen LogP contribution < -0.4 is 10.1 Å². The summed E-state index contributed by atoms with van der Waals surface area (Å²) in [5, 5.41) is 12.7. The molecule has 4 nitrogen and oxygen atoms in total. The van der Waals surface area contributed by atoms with Gasteiger partial charge in [-0.3, -0.25) is 4.79 Å². The Labute approximate surface area is 132 Å². The van der Waals surface area contributed by atoms with Gasteiger partial charge in [0.1, 0.15) is 11.5 Å². The van der Waals surface area contributed by atoms with Crippen LogP contribution in [0.5, 0.6) is 11.5 Å². The molecule has 2 aromatic carbocycles. The van der Waals surface area contributed by atoms with Gasteiger partial charge < -0.3 is 15.2 Å². The van der Waals surface area contributed by atoms with Crippen LogP contribution in [0.1, 0.15) is 6.92 Å². The van der Waals surface area contributed by atoms with Crippen molar-refractivity contribution >= 4 is 34.8 Å². The highest BCUT2D eigenvalue weighted by Crippen LogP contribution is 2.26. The second kappa shape index (κ2) is 6.70. The average molecular weight is 326 g/mol. The van der Waals surface area contributed by atoms with Crippen LogP contribution in [0.3, 0.4) is 0 Å². The minimum absolute atomic E-state index is 0.0436. The number of anilines is 1. The Bertz CT molecular complexity index is 661. The van der Waals surface area contributed by atoms with Crippen LogP contribution in [0.4, 0.5) is 5.69 Å². The number of halogens is 2. The predicted octanol–water partition coefficient (Wildman–Crippen LogP) is 4.11. The molecule has 2 N–H and O–H groups in total. The van der Waals surface area contributed by atoms with Gasteiger partial charge in [-0.15, -0.1) is 0 Å². The minimum Gasteiger partial charge on any atom is -0.506 e. The van der Waals surface area contributed by atoms with E-state index in [0.717, 1.165) is 0 Å². The van der Waals surface area contributed by atoms with E-state index in [-0.39, 0.29) is 16.7 Å². The summed E-state index contributed by atoms with van der Waals surface area (Å²) >= 11 is 11.6. The molecule has 0 spiro atoms. The van der Waals surface area contributed by atoms with Crippen LogP contribution in [0.2, 0.25) is 10.0 Å². The number of carbonyl (C=O) groups is 1. The Hall–Kier alpha value is -1.91. The maximum absolute atomic E-state index is 12.0. The molecular weight excluding hydrogens is 313 g/mol. The van der Waals surface area contributed by atoms with Crippen molar-refractivity contribution in [2.45, 2.75) is 13.0 Å². The molecule has 1 unspecified atom stereocenters. The lowest BCUT2D eigenvalue weighted by molar-refractivity contribution is -0.122. The van der Waals surface area contributed by atoms with Crippen LogP contribution >= 0.6 is 23.2 Å². The molecule has 0 heterocycles. The van der Waals surface area contributed by atoms with Crippen LogP contribution in [0.15, 0.2) is 42.5 Å². The summed E-state index contributed by atoms with van der Waals surface area (Å²) in [6.07, 6.45) is -0.712. The summed E-state index contributed by atoms with van der Waals surface area (Å²) in [7, 11) is 0. The zero-order valence-corrected chi connectivity index (χ0v) is 12.7. The fourth-order valence-electron chi connectivity index (χ4n) is 1.63. The third-order valence-electron chi connectivity index (χ3n) is 2.69. The number of benzene rings is 2. The molecule has 0 radical (unpaired) electrons. The molecule has 0 aliphatic heterocycles. The van der Waals surface area contributed by atoms with Crippen LogP contribution in [-0.4, -0.2) is 17.1 Å². The first-order chi connectivity index (χ1) is 9.95. The molecule has 2 aromatic rings. The third-order valence-corrected chi connectivity index (χ3v) is 3.23. The Morgan fingerprint density at radius 2 is 2.00 bits per heavy atom. The highest BCUT2D eigenvalue weighted by atomic mass is 35.5. The number of carbonyl (C=O) groups excluding carboxylic acids is 1. The molecule has 21 heavy (non-hydrogen) atoms. The Balaban J connectivity index is 2.00. The lowest BCUT2D eigenvalue weighted by Gasteiger charge is -2.15. The molecule has 0 aromatic heterocycles. The van der Waals surface area contributed by atoms with Crippen molar-refractivity contribution in [3.63, 3.8) is 0 Å². The topological polar surface area (TPSA) is 58.6 Å². The second-order valence-electron chi connectivity index (χ2n) is 4.37. The fraction of sp³-hybridized carbons (Fsp3) is 0.133. The Kier molecular flexibility index (Phi) is 4.94. The maximum atomic E-state index is 12.0.